The molecular weight excluding hydrogens is 188 g/mol. The Morgan fingerprint density at radius 3 is 2.80 bits per heavy atom. The Balaban J connectivity index is 2.37. The van der Waals surface area contributed by atoms with Gasteiger partial charge in [0, 0.05) is 0 Å². The number of aliphatic carboxylic acids is 1. The Morgan fingerprint density at radius 2 is 2.13 bits per heavy atom. The summed E-state index contributed by atoms with van der Waals surface area (Å²) >= 11 is 0. The molecular formula is C13H16O2. The maximum absolute atomic E-state index is 10.9. The van der Waals surface area contributed by atoms with E-state index in [-0.39, 0.29) is 5.92 Å². The average Bonchev–Trinajstić information content (AvgIpc) is 2.16. The van der Waals surface area contributed by atoms with E-state index in [4.69, 9.17) is 5.11 Å². The van der Waals surface area contributed by atoms with Crippen LogP contribution in [-0.2, 0) is 17.6 Å². The van der Waals surface area contributed by atoms with Crippen LogP contribution in [0.5, 0.6) is 0 Å². The zero-order valence-corrected chi connectivity index (χ0v) is 9.21. The molecule has 0 fully saturated rings. The number of carboxylic acid groups (broad SMARTS) is 1. The molecule has 2 heteroatoms. The molecule has 0 spiro atoms. The van der Waals surface area contributed by atoms with Crippen molar-refractivity contribution in [3.05, 3.63) is 34.4 Å². The highest BCUT2D eigenvalue weighted by Gasteiger charge is 2.25. The Morgan fingerprint density at radius 1 is 1.40 bits per heavy atom. The average molecular weight is 204 g/mol. The quantitative estimate of drug-likeness (QED) is 0.763. The number of benzene rings is 1. The Kier molecular flexibility index (Phi) is 2.51. The number of hydrogen-bond acceptors (Lipinski definition) is 1. The highest BCUT2D eigenvalue weighted by molar-refractivity contribution is 5.71. The summed E-state index contributed by atoms with van der Waals surface area (Å²) in [4.78, 5) is 10.9. The molecule has 0 heterocycles. The topological polar surface area (TPSA) is 37.3 Å². The van der Waals surface area contributed by atoms with Gasteiger partial charge in [0.15, 0.2) is 0 Å². The second kappa shape index (κ2) is 3.69. The second-order valence-corrected chi connectivity index (χ2v) is 4.50. The molecule has 0 bridgehead atoms. The van der Waals surface area contributed by atoms with Gasteiger partial charge in [-0.15, -0.1) is 0 Å². The predicted molar refractivity (Wildman–Crippen MR) is 59.1 cm³/mol. The number of carboxylic acids is 1. The van der Waals surface area contributed by atoms with Crippen LogP contribution < -0.4 is 0 Å². The van der Waals surface area contributed by atoms with Crippen molar-refractivity contribution in [3.63, 3.8) is 0 Å². The lowest BCUT2D eigenvalue weighted by Crippen LogP contribution is -2.22. The van der Waals surface area contributed by atoms with Crippen molar-refractivity contribution in [2.75, 3.05) is 0 Å². The zero-order valence-electron chi connectivity index (χ0n) is 9.21. The number of fused-ring (bicyclic) bond motifs is 1. The van der Waals surface area contributed by atoms with Crippen LogP contribution >= 0.6 is 0 Å². The SMILES string of the molecule is Cc1cc(C)c2c(c1)CCC(C(=O)O)C2. The van der Waals surface area contributed by atoms with Crippen LogP contribution in [0.4, 0.5) is 0 Å². The number of aryl methyl sites for hydroxylation is 3. The molecule has 15 heavy (non-hydrogen) atoms. The third-order valence-electron chi connectivity index (χ3n) is 3.27. The molecule has 0 aliphatic heterocycles. The van der Waals surface area contributed by atoms with Crippen molar-refractivity contribution >= 4 is 5.97 Å². The minimum Gasteiger partial charge on any atom is -0.481 e. The van der Waals surface area contributed by atoms with Crippen LogP contribution in [0.15, 0.2) is 12.1 Å². The van der Waals surface area contributed by atoms with Gasteiger partial charge in [0.25, 0.3) is 0 Å². The van der Waals surface area contributed by atoms with E-state index in [9.17, 15) is 4.79 Å². The summed E-state index contributed by atoms with van der Waals surface area (Å²) in [6, 6.07) is 4.34. The molecule has 1 aromatic rings. The third-order valence-corrected chi connectivity index (χ3v) is 3.27. The lowest BCUT2D eigenvalue weighted by Gasteiger charge is -2.23. The van der Waals surface area contributed by atoms with Crippen LogP contribution in [0.2, 0.25) is 0 Å². The highest BCUT2D eigenvalue weighted by atomic mass is 16.4. The van der Waals surface area contributed by atoms with Gasteiger partial charge in [-0.05, 0) is 49.8 Å². The first-order valence-corrected chi connectivity index (χ1v) is 5.39. The summed E-state index contributed by atoms with van der Waals surface area (Å²) in [6.45, 7) is 4.17. The second-order valence-electron chi connectivity index (χ2n) is 4.50. The lowest BCUT2D eigenvalue weighted by atomic mass is 9.81. The number of hydrogen-bond donors (Lipinski definition) is 1. The van der Waals surface area contributed by atoms with Crippen molar-refractivity contribution in [1.29, 1.82) is 0 Å². The van der Waals surface area contributed by atoms with E-state index in [1.807, 2.05) is 0 Å². The van der Waals surface area contributed by atoms with Crippen molar-refractivity contribution < 1.29 is 9.90 Å². The summed E-state index contributed by atoms with van der Waals surface area (Å²) in [5.41, 5.74) is 5.14. The van der Waals surface area contributed by atoms with Crippen LogP contribution in [0, 0.1) is 19.8 Å². The maximum Gasteiger partial charge on any atom is 0.306 e. The molecule has 2 nitrogen and oxygen atoms in total. The van der Waals surface area contributed by atoms with E-state index in [0.29, 0.717) is 6.42 Å². The van der Waals surface area contributed by atoms with Gasteiger partial charge in [-0.1, -0.05) is 17.7 Å². The molecule has 1 aliphatic carbocycles. The highest BCUT2D eigenvalue weighted by Crippen LogP contribution is 2.29. The Hall–Kier alpha value is -1.31. The summed E-state index contributed by atoms with van der Waals surface area (Å²) in [7, 11) is 0. The van der Waals surface area contributed by atoms with E-state index in [1.54, 1.807) is 0 Å². The molecule has 1 unspecified atom stereocenters. The van der Waals surface area contributed by atoms with Crippen molar-refractivity contribution in [3.8, 4) is 0 Å². The maximum atomic E-state index is 10.9. The molecule has 0 aromatic heterocycles. The van der Waals surface area contributed by atoms with Gasteiger partial charge in [-0.25, -0.2) is 0 Å². The summed E-state index contributed by atoms with van der Waals surface area (Å²) in [5, 5.41) is 9.01. The fourth-order valence-electron chi connectivity index (χ4n) is 2.49. The van der Waals surface area contributed by atoms with Crippen molar-refractivity contribution in [2.24, 2.45) is 5.92 Å². The van der Waals surface area contributed by atoms with Gasteiger partial charge in [-0.3, -0.25) is 4.79 Å². The molecule has 1 aliphatic rings. The fourth-order valence-corrected chi connectivity index (χ4v) is 2.49. The monoisotopic (exact) mass is 204 g/mol. The van der Waals surface area contributed by atoms with Crippen LogP contribution in [0.1, 0.15) is 28.7 Å². The molecule has 0 radical (unpaired) electrons. The van der Waals surface area contributed by atoms with Gasteiger partial charge in [-0.2, -0.15) is 0 Å². The van der Waals surface area contributed by atoms with Crippen LogP contribution in [0.25, 0.3) is 0 Å². The molecule has 2 rings (SSSR count). The van der Waals surface area contributed by atoms with E-state index >= 15 is 0 Å². The molecule has 1 N–H and O–H groups in total. The van der Waals surface area contributed by atoms with Crippen molar-refractivity contribution in [2.45, 2.75) is 33.1 Å². The largest absolute Gasteiger partial charge is 0.481 e. The minimum atomic E-state index is -0.652. The zero-order chi connectivity index (χ0) is 11.0. The molecule has 1 atom stereocenters. The molecule has 0 saturated carbocycles. The molecule has 0 saturated heterocycles. The van der Waals surface area contributed by atoms with E-state index in [0.717, 1.165) is 12.8 Å². The summed E-state index contributed by atoms with van der Waals surface area (Å²) < 4.78 is 0. The van der Waals surface area contributed by atoms with Crippen LogP contribution in [-0.4, -0.2) is 11.1 Å². The van der Waals surface area contributed by atoms with Gasteiger partial charge >= 0.3 is 5.97 Å². The Bertz CT molecular complexity index is 407. The molecule has 80 valence electrons. The number of carbonyl (C=O) groups is 1. The smallest absolute Gasteiger partial charge is 0.306 e. The van der Waals surface area contributed by atoms with Crippen molar-refractivity contribution in [1.82, 2.24) is 0 Å². The summed E-state index contributed by atoms with van der Waals surface area (Å²) in [6.07, 6.45) is 2.40. The first-order valence-electron chi connectivity index (χ1n) is 5.39. The Labute approximate surface area is 89.9 Å². The van der Waals surface area contributed by atoms with Gasteiger partial charge in [0.1, 0.15) is 0 Å². The normalized spacial score (nSPS) is 19.7. The lowest BCUT2D eigenvalue weighted by molar-refractivity contribution is -0.142. The van der Waals surface area contributed by atoms with Crippen LogP contribution in [0.3, 0.4) is 0 Å². The fraction of sp³-hybridized carbons (Fsp3) is 0.462. The predicted octanol–water partition coefficient (Wildman–Crippen LogP) is 2.49. The molecule has 0 amide bonds. The van der Waals surface area contributed by atoms with E-state index in [2.05, 4.69) is 26.0 Å². The first kappa shape index (κ1) is 10.2. The van der Waals surface area contributed by atoms with E-state index in [1.165, 1.54) is 22.3 Å². The van der Waals surface area contributed by atoms with Gasteiger partial charge in [0.05, 0.1) is 5.92 Å². The third kappa shape index (κ3) is 1.89. The molecule has 1 aromatic carbocycles. The standard InChI is InChI=1S/C13H16O2/c1-8-5-9(2)12-7-11(13(14)15)4-3-10(12)6-8/h5-6,11H,3-4,7H2,1-2H3,(H,14,15). The minimum absolute atomic E-state index is 0.182. The van der Waals surface area contributed by atoms with E-state index < -0.39 is 5.97 Å². The van der Waals surface area contributed by atoms with Gasteiger partial charge in [0.2, 0.25) is 0 Å². The first-order chi connectivity index (χ1) is 7.08. The van der Waals surface area contributed by atoms with Gasteiger partial charge < -0.3 is 5.11 Å². The summed E-state index contributed by atoms with van der Waals surface area (Å²) in [5.74, 6) is -0.834. The number of rotatable bonds is 1.